The van der Waals surface area contributed by atoms with E-state index in [9.17, 15) is 0 Å². The van der Waals surface area contributed by atoms with Crippen molar-refractivity contribution in [3.63, 3.8) is 0 Å². The molecule has 0 fully saturated rings. The fourth-order valence-electron chi connectivity index (χ4n) is 0. The average molecular weight is 89.2 g/mol. The average Bonchev–Trinajstić information content (AvgIpc) is 1.37. The van der Waals surface area contributed by atoms with Gasteiger partial charge in [-0.05, 0) is 13.1 Å². The van der Waals surface area contributed by atoms with Crippen molar-refractivity contribution in [3.8, 4) is 0 Å². The summed E-state index contributed by atoms with van der Waals surface area (Å²) < 4.78 is 0. The van der Waals surface area contributed by atoms with Crippen molar-refractivity contribution in [1.29, 1.82) is 0 Å². The Morgan fingerprint density at radius 2 is 1.50 bits per heavy atom. The summed E-state index contributed by atoms with van der Waals surface area (Å²) in [5.74, 6) is 0. The molecule has 0 aromatic carbocycles. The molecule has 0 rings (SSSR count). The molecular formula is C5H15N. The van der Waals surface area contributed by atoms with Crippen molar-refractivity contribution in [1.82, 2.24) is 0 Å². The van der Waals surface area contributed by atoms with Gasteiger partial charge < -0.3 is 4.99 Å². The molecule has 1 heteroatoms. The molecule has 0 amide bonds. The number of hydrogen-bond donors (Lipinski definition) is 0. The maximum Gasteiger partial charge on any atom is 0.0273 e. The van der Waals surface area contributed by atoms with Crippen molar-refractivity contribution in [3.05, 3.63) is 0 Å². The summed E-state index contributed by atoms with van der Waals surface area (Å²) in [7, 11) is 1.75. The summed E-state index contributed by atoms with van der Waals surface area (Å²) in [6, 6.07) is 0. The van der Waals surface area contributed by atoms with Gasteiger partial charge in [0.1, 0.15) is 0 Å². The Morgan fingerprint density at radius 3 is 1.50 bits per heavy atom. The van der Waals surface area contributed by atoms with Crippen LogP contribution in [0.4, 0.5) is 0 Å². The molecule has 0 N–H and O–H groups in total. The van der Waals surface area contributed by atoms with Crippen molar-refractivity contribution >= 4 is 6.21 Å². The molecule has 0 aliphatic heterocycles. The van der Waals surface area contributed by atoms with Gasteiger partial charge in [-0.3, -0.25) is 0 Å². The van der Waals surface area contributed by atoms with E-state index in [0.717, 1.165) is 0 Å². The molecule has 0 saturated heterocycles. The minimum atomic E-state index is 0. The first-order valence-corrected chi connectivity index (χ1v) is 1.28. The molecule has 6 heavy (non-hydrogen) atoms. The standard InChI is InChI=1S/C3H7N.2CH4/c1-3-4-2;;/h3H,1-2H3;2*1H4. The van der Waals surface area contributed by atoms with Gasteiger partial charge in [0.2, 0.25) is 0 Å². The van der Waals surface area contributed by atoms with Crippen LogP contribution in [0.1, 0.15) is 21.8 Å². The Labute approximate surface area is 41.1 Å². The van der Waals surface area contributed by atoms with Gasteiger partial charge in [0.25, 0.3) is 0 Å². The molecule has 0 heterocycles. The summed E-state index contributed by atoms with van der Waals surface area (Å²) in [6.45, 7) is 1.89. The maximum atomic E-state index is 3.61. The zero-order valence-electron chi connectivity index (χ0n) is 3.02. The van der Waals surface area contributed by atoms with E-state index in [-0.39, 0.29) is 14.9 Å². The van der Waals surface area contributed by atoms with E-state index in [2.05, 4.69) is 4.99 Å². The van der Waals surface area contributed by atoms with E-state index in [0.29, 0.717) is 0 Å². The summed E-state index contributed by atoms with van der Waals surface area (Å²) in [5.41, 5.74) is 0. The lowest BCUT2D eigenvalue weighted by molar-refractivity contribution is 1.46. The van der Waals surface area contributed by atoms with Crippen LogP contribution in [0.5, 0.6) is 0 Å². The highest BCUT2D eigenvalue weighted by molar-refractivity contribution is 5.52. The van der Waals surface area contributed by atoms with Crippen molar-refractivity contribution in [2.24, 2.45) is 4.99 Å². The quantitative estimate of drug-likeness (QED) is 0.402. The lowest BCUT2D eigenvalue weighted by Crippen LogP contribution is -1.47. The molecule has 0 aliphatic carbocycles. The molecule has 0 bridgehead atoms. The Hall–Kier alpha value is -0.330. The van der Waals surface area contributed by atoms with Gasteiger partial charge in [-0.1, -0.05) is 14.9 Å². The number of rotatable bonds is 0. The monoisotopic (exact) mass is 89.1 g/mol. The van der Waals surface area contributed by atoms with E-state index in [1.165, 1.54) is 0 Å². The van der Waals surface area contributed by atoms with Crippen LogP contribution in [0, 0.1) is 0 Å². The van der Waals surface area contributed by atoms with E-state index < -0.39 is 0 Å². The zero-order chi connectivity index (χ0) is 3.41. The molecule has 0 spiro atoms. The number of hydrogen-bond acceptors (Lipinski definition) is 1. The Balaban J connectivity index is -0.0000000450. The first-order valence-electron chi connectivity index (χ1n) is 1.28. The van der Waals surface area contributed by atoms with Gasteiger partial charge in [0.05, 0.1) is 0 Å². The molecule has 1 nitrogen and oxygen atoms in total. The highest BCUT2D eigenvalue weighted by Crippen LogP contribution is 1.39. The third-order valence-corrected chi connectivity index (χ3v) is 0.258. The summed E-state index contributed by atoms with van der Waals surface area (Å²) in [4.78, 5) is 3.61. The Bertz CT molecular complexity index is 19.1. The van der Waals surface area contributed by atoms with Gasteiger partial charge in [0, 0.05) is 7.05 Å². The van der Waals surface area contributed by atoms with Crippen LogP contribution < -0.4 is 0 Å². The Kier molecular flexibility index (Phi) is 65.2. The fourth-order valence-corrected chi connectivity index (χ4v) is 0. The molecule has 0 aromatic heterocycles. The lowest BCUT2D eigenvalue weighted by Gasteiger charge is -1.53. The molecular weight excluding hydrogens is 74.1 g/mol. The van der Waals surface area contributed by atoms with Gasteiger partial charge >= 0.3 is 0 Å². The summed E-state index contributed by atoms with van der Waals surface area (Å²) in [6.07, 6.45) is 1.75. The SMILES string of the molecule is C.C.CC=NC. The van der Waals surface area contributed by atoms with E-state index in [1.807, 2.05) is 6.92 Å². The lowest BCUT2D eigenvalue weighted by atomic mass is 10.9. The molecule has 0 aromatic rings. The van der Waals surface area contributed by atoms with Crippen LogP contribution in [0.3, 0.4) is 0 Å². The number of aliphatic imine (C=N–C) groups is 1. The zero-order valence-corrected chi connectivity index (χ0v) is 3.02. The summed E-state index contributed by atoms with van der Waals surface area (Å²) in [5, 5.41) is 0. The first-order chi connectivity index (χ1) is 1.91. The normalized spacial score (nSPS) is 6.33. The van der Waals surface area contributed by atoms with Crippen molar-refractivity contribution in [2.75, 3.05) is 7.05 Å². The molecule has 40 valence electrons. The van der Waals surface area contributed by atoms with E-state index >= 15 is 0 Å². The summed E-state index contributed by atoms with van der Waals surface area (Å²) >= 11 is 0. The van der Waals surface area contributed by atoms with Crippen LogP contribution in [-0.4, -0.2) is 13.3 Å². The highest BCUT2D eigenvalue weighted by Gasteiger charge is 1.32. The van der Waals surface area contributed by atoms with Gasteiger partial charge in [-0.2, -0.15) is 0 Å². The molecule has 0 radical (unpaired) electrons. The van der Waals surface area contributed by atoms with E-state index in [4.69, 9.17) is 0 Å². The third-order valence-electron chi connectivity index (χ3n) is 0.258. The minimum Gasteiger partial charge on any atom is -0.301 e. The first kappa shape index (κ1) is 17.3. The van der Waals surface area contributed by atoms with Gasteiger partial charge in [-0.25, -0.2) is 0 Å². The maximum absolute atomic E-state index is 3.61. The smallest absolute Gasteiger partial charge is 0.0273 e. The van der Waals surface area contributed by atoms with Crippen LogP contribution >= 0.6 is 0 Å². The number of nitrogens with zero attached hydrogens (tertiary/aromatic N) is 1. The Morgan fingerprint density at radius 1 is 1.33 bits per heavy atom. The van der Waals surface area contributed by atoms with Crippen molar-refractivity contribution in [2.45, 2.75) is 21.8 Å². The van der Waals surface area contributed by atoms with Gasteiger partial charge in [-0.15, -0.1) is 0 Å². The topological polar surface area (TPSA) is 12.4 Å². The van der Waals surface area contributed by atoms with Crippen molar-refractivity contribution < 1.29 is 0 Å². The van der Waals surface area contributed by atoms with Gasteiger partial charge in [0.15, 0.2) is 0 Å². The second-order valence-electron chi connectivity index (χ2n) is 0.516. The predicted octanol–water partition coefficient (Wildman–Crippen LogP) is 1.98. The van der Waals surface area contributed by atoms with Crippen LogP contribution in [0.2, 0.25) is 0 Å². The highest BCUT2D eigenvalue weighted by atomic mass is 14.6. The molecule has 0 saturated carbocycles. The van der Waals surface area contributed by atoms with Crippen LogP contribution in [-0.2, 0) is 0 Å². The van der Waals surface area contributed by atoms with Crippen LogP contribution in [0.25, 0.3) is 0 Å². The predicted molar refractivity (Wildman–Crippen MR) is 33.6 cm³/mol. The van der Waals surface area contributed by atoms with Crippen LogP contribution in [0.15, 0.2) is 4.99 Å². The second-order valence-corrected chi connectivity index (χ2v) is 0.516. The largest absolute Gasteiger partial charge is 0.301 e. The second kappa shape index (κ2) is 22.6. The molecule has 0 aliphatic rings. The minimum absolute atomic E-state index is 0. The third kappa shape index (κ3) is 58.3. The fraction of sp³-hybridized carbons (Fsp3) is 0.800. The van der Waals surface area contributed by atoms with E-state index in [1.54, 1.807) is 13.3 Å². The molecule has 0 unspecified atom stereocenters. The molecule has 0 atom stereocenters.